The Kier molecular flexibility index (Phi) is 6.03. The molecule has 1 aromatic carbocycles. The van der Waals surface area contributed by atoms with Crippen molar-refractivity contribution >= 4 is 11.6 Å². The lowest BCUT2D eigenvalue weighted by Crippen LogP contribution is -2.38. The van der Waals surface area contributed by atoms with Crippen LogP contribution in [0.25, 0.3) is 5.65 Å². The molecule has 0 aliphatic rings. The van der Waals surface area contributed by atoms with Crippen LogP contribution in [0, 0.1) is 0 Å². The SMILES string of the molecule is CCNC(=NCc1ccc(OC)cc1)NCCc1nnc2ccccn12. The molecule has 0 saturated carbocycles. The zero-order valence-electron chi connectivity index (χ0n) is 15.1. The van der Waals surface area contributed by atoms with Crippen molar-refractivity contribution in [1.29, 1.82) is 0 Å². The van der Waals surface area contributed by atoms with Gasteiger partial charge in [0.05, 0.1) is 13.7 Å². The van der Waals surface area contributed by atoms with Crippen LogP contribution in [-0.2, 0) is 13.0 Å². The highest BCUT2D eigenvalue weighted by atomic mass is 16.5. The van der Waals surface area contributed by atoms with Gasteiger partial charge in [-0.3, -0.25) is 4.40 Å². The summed E-state index contributed by atoms with van der Waals surface area (Å²) in [4.78, 5) is 4.63. The van der Waals surface area contributed by atoms with E-state index in [0.717, 1.165) is 48.3 Å². The summed E-state index contributed by atoms with van der Waals surface area (Å²) in [5.41, 5.74) is 1.99. The molecule has 0 amide bonds. The lowest BCUT2D eigenvalue weighted by molar-refractivity contribution is 0.414. The first kappa shape index (κ1) is 17.7. The molecule has 0 aliphatic carbocycles. The second-order valence-electron chi connectivity index (χ2n) is 5.77. The summed E-state index contributed by atoms with van der Waals surface area (Å²) in [7, 11) is 1.67. The lowest BCUT2D eigenvalue weighted by Gasteiger charge is -2.11. The highest BCUT2D eigenvalue weighted by molar-refractivity contribution is 5.79. The third kappa shape index (κ3) is 4.50. The molecule has 0 spiro atoms. The van der Waals surface area contributed by atoms with Gasteiger partial charge >= 0.3 is 0 Å². The smallest absolute Gasteiger partial charge is 0.191 e. The van der Waals surface area contributed by atoms with Crippen LogP contribution in [0.1, 0.15) is 18.3 Å². The Labute approximate surface area is 153 Å². The maximum atomic E-state index is 5.18. The van der Waals surface area contributed by atoms with Gasteiger partial charge in [0.2, 0.25) is 0 Å². The highest BCUT2D eigenvalue weighted by Crippen LogP contribution is 2.11. The average Bonchev–Trinajstić information content (AvgIpc) is 3.10. The number of benzene rings is 1. The molecule has 0 fully saturated rings. The van der Waals surface area contributed by atoms with Gasteiger partial charge < -0.3 is 15.4 Å². The van der Waals surface area contributed by atoms with Gasteiger partial charge in [-0.2, -0.15) is 0 Å². The highest BCUT2D eigenvalue weighted by Gasteiger charge is 2.05. The van der Waals surface area contributed by atoms with E-state index in [1.54, 1.807) is 7.11 Å². The van der Waals surface area contributed by atoms with Crippen molar-refractivity contribution in [2.24, 2.45) is 4.99 Å². The topological polar surface area (TPSA) is 75.8 Å². The van der Waals surface area contributed by atoms with Gasteiger partial charge in [-0.05, 0) is 36.8 Å². The third-order valence-corrected chi connectivity index (χ3v) is 3.95. The molecule has 0 radical (unpaired) electrons. The van der Waals surface area contributed by atoms with Gasteiger partial charge in [0.1, 0.15) is 11.6 Å². The summed E-state index contributed by atoms with van der Waals surface area (Å²) >= 11 is 0. The largest absolute Gasteiger partial charge is 0.497 e. The normalized spacial score (nSPS) is 11.5. The van der Waals surface area contributed by atoms with E-state index >= 15 is 0 Å². The molecule has 7 heteroatoms. The molecule has 0 unspecified atom stereocenters. The Hall–Kier alpha value is -3.09. The second kappa shape index (κ2) is 8.84. The van der Waals surface area contributed by atoms with E-state index in [4.69, 9.17) is 4.74 Å². The van der Waals surface area contributed by atoms with Crippen LogP contribution in [0.3, 0.4) is 0 Å². The van der Waals surface area contributed by atoms with Crippen LogP contribution < -0.4 is 15.4 Å². The molecule has 0 aliphatic heterocycles. The zero-order valence-corrected chi connectivity index (χ0v) is 15.1. The Morgan fingerprint density at radius 3 is 2.73 bits per heavy atom. The summed E-state index contributed by atoms with van der Waals surface area (Å²) in [6, 6.07) is 13.8. The van der Waals surface area contributed by atoms with E-state index in [2.05, 4.69) is 32.7 Å². The van der Waals surface area contributed by atoms with E-state index in [1.165, 1.54) is 0 Å². The molecule has 136 valence electrons. The zero-order chi connectivity index (χ0) is 18.2. The van der Waals surface area contributed by atoms with Crippen molar-refractivity contribution in [2.45, 2.75) is 19.9 Å². The van der Waals surface area contributed by atoms with Crippen molar-refractivity contribution in [3.8, 4) is 5.75 Å². The maximum Gasteiger partial charge on any atom is 0.191 e. The van der Waals surface area contributed by atoms with Crippen molar-refractivity contribution < 1.29 is 4.74 Å². The summed E-state index contributed by atoms with van der Waals surface area (Å²) in [6.07, 6.45) is 2.74. The average molecular weight is 352 g/mol. The van der Waals surface area contributed by atoms with Crippen LogP contribution in [0.5, 0.6) is 5.75 Å². The molecule has 0 atom stereocenters. The number of methoxy groups -OCH3 is 1. The lowest BCUT2D eigenvalue weighted by atomic mass is 10.2. The van der Waals surface area contributed by atoms with Crippen LogP contribution in [-0.4, -0.2) is 40.8 Å². The van der Waals surface area contributed by atoms with E-state index in [9.17, 15) is 0 Å². The number of rotatable bonds is 7. The quantitative estimate of drug-likeness (QED) is 0.503. The first-order chi connectivity index (χ1) is 12.8. The Bertz CT molecular complexity index is 856. The summed E-state index contributed by atoms with van der Waals surface area (Å²) in [5.74, 6) is 2.57. The van der Waals surface area contributed by atoms with Crippen LogP contribution in [0.15, 0.2) is 53.7 Å². The molecule has 2 N–H and O–H groups in total. The number of pyridine rings is 1. The number of nitrogens with zero attached hydrogens (tertiary/aromatic N) is 4. The fraction of sp³-hybridized carbons (Fsp3) is 0.316. The molecule has 0 bridgehead atoms. The van der Waals surface area contributed by atoms with Crippen molar-refractivity contribution in [1.82, 2.24) is 25.2 Å². The molecular weight excluding hydrogens is 328 g/mol. The predicted octanol–water partition coefficient (Wildman–Crippen LogP) is 2.04. The van der Waals surface area contributed by atoms with Gasteiger partial charge in [0, 0.05) is 25.7 Å². The molecule has 0 saturated heterocycles. The van der Waals surface area contributed by atoms with Crippen molar-refractivity contribution in [2.75, 3.05) is 20.2 Å². The fourth-order valence-electron chi connectivity index (χ4n) is 2.60. The molecule has 3 rings (SSSR count). The van der Waals surface area contributed by atoms with Gasteiger partial charge in [-0.15, -0.1) is 10.2 Å². The van der Waals surface area contributed by atoms with Gasteiger partial charge in [0.15, 0.2) is 11.6 Å². The van der Waals surface area contributed by atoms with E-state index in [0.29, 0.717) is 6.54 Å². The van der Waals surface area contributed by atoms with Gasteiger partial charge in [-0.25, -0.2) is 4.99 Å². The Morgan fingerprint density at radius 2 is 1.96 bits per heavy atom. The molecule has 3 aromatic rings. The maximum absolute atomic E-state index is 5.18. The molecule has 2 heterocycles. The minimum atomic E-state index is 0.604. The number of hydrogen-bond donors (Lipinski definition) is 2. The minimum absolute atomic E-state index is 0.604. The first-order valence-electron chi connectivity index (χ1n) is 8.74. The Morgan fingerprint density at radius 1 is 1.12 bits per heavy atom. The van der Waals surface area contributed by atoms with E-state index in [1.807, 2.05) is 53.1 Å². The number of nitrogens with one attached hydrogen (secondary N) is 2. The summed E-state index contributed by atoms with van der Waals surface area (Å²) < 4.78 is 7.18. The number of ether oxygens (including phenoxy) is 1. The number of aromatic nitrogens is 3. The Balaban J connectivity index is 1.57. The van der Waals surface area contributed by atoms with E-state index in [-0.39, 0.29) is 0 Å². The van der Waals surface area contributed by atoms with Crippen molar-refractivity contribution in [3.05, 3.63) is 60.0 Å². The molecular formula is C19H24N6O. The monoisotopic (exact) mass is 352 g/mol. The summed E-state index contributed by atoms with van der Waals surface area (Å²) in [5, 5.41) is 15.0. The van der Waals surface area contributed by atoms with Gasteiger partial charge in [0.25, 0.3) is 0 Å². The number of fused-ring (bicyclic) bond motifs is 1. The van der Waals surface area contributed by atoms with Crippen molar-refractivity contribution in [3.63, 3.8) is 0 Å². The standard InChI is InChI=1S/C19H24N6O/c1-3-20-19(22-14-15-7-9-16(26-2)10-8-15)21-12-11-18-24-23-17-6-4-5-13-25(17)18/h4-10,13H,3,11-12,14H2,1-2H3,(H2,20,21,22). The fourth-order valence-corrected chi connectivity index (χ4v) is 2.60. The summed E-state index contributed by atoms with van der Waals surface area (Å²) in [6.45, 7) is 4.19. The molecule has 26 heavy (non-hydrogen) atoms. The second-order valence-corrected chi connectivity index (χ2v) is 5.77. The third-order valence-electron chi connectivity index (χ3n) is 3.95. The number of hydrogen-bond acceptors (Lipinski definition) is 4. The molecule has 7 nitrogen and oxygen atoms in total. The number of guanidine groups is 1. The number of aliphatic imine (C=N–C) groups is 1. The van der Waals surface area contributed by atoms with Crippen LogP contribution >= 0.6 is 0 Å². The predicted molar refractivity (Wildman–Crippen MR) is 103 cm³/mol. The van der Waals surface area contributed by atoms with Crippen LogP contribution in [0.2, 0.25) is 0 Å². The van der Waals surface area contributed by atoms with Gasteiger partial charge in [-0.1, -0.05) is 18.2 Å². The first-order valence-corrected chi connectivity index (χ1v) is 8.74. The molecule has 2 aromatic heterocycles. The minimum Gasteiger partial charge on any atom is -0.497 e. The van der Waals surface area contributed by atoms with E-state index < -0.39 is 0 Å². The van der Waals surface area contributed by atoms with Crippen LogP contribution in [0.4, 0.5) is 0 Å².